The Kier molecular flexibility index (Phi) is 1.85. The average Bonchev–Trinajstić information content (AvgIpc) is 1.64. The first-order valence-electron chi connectivity index (χ1n) is 1.56. The van der Waals surface area contributed by atoms with Gasteiger partial charge in [-0.15, -0.1) is 0 Å². The van der Waals surface area contributed by atoms with Crippen molar-refractivity contribution in [2.45, 2.75) is 5.51 Å². The molecule has 0 atom stereocenters. The molecule has 0 fully saturated rings. The van der Waals surface area contributed by atoms with E-state index in [0.29, 0.717) is 5.55 Å². The molecule has 1 radical (unpaired) electrons. The number of sulfone groups is 1. The van der Waals surface area contributed by atoms with Crippen LogP contribution in [0.2, 0.25) is 0 Å². The fourth-order valence-electron chi connectivity index (χ4n) is 0.0579. The van der Waals surface area contributed by atoms with Gasteiger partial charge in [0.25, 0.3) is 9.84 Å². The highest BCUT2D eigenvalue weighted by atomic mass is 32.2. The van der Waals surface area contributed by atoms with Crippen molar-refractivity contribution in [3.63, 3.8) is 0 Å². The summed E-state index contributed by atoms with van der Waals surface area (Å²) < 4.78 is 52.4. The van der Waals surface area contributed by atoms with Gasteiger partial charge in [0.05, 0.1) is 0 Å². The molecule has 0 unspecified atom stereocenters. The van der Waals surface area contributed by atoms with E-state index < -0.39 is 15.3 Å². The lowest BCUT2D eigenvalue weighted by molar-refractivity contribution is -0.0416. The predicted molar refractivity (Wildman–Crippen MR) is 22.7 cm³/mol. The highest BCUT2D eigenvalue weighted by Crippen LogP contribution is 2.21. The monoisotopic (exact) mass is 160 g/mol. The Labute approximate surface area is 48.9 Å². The first-order valence-corrected chi connectivity index (χ1v) is 3.04. The number of hydrogen-bond acceptors (Lipinski definition) is 3. The van der Waals surface area contributed by atoms with Gasteiger partial charge in [0.1, 0.15) is 0 Å². The molecule has 0 aliphatic heterocycles. The summed E-state index contributed by atoms with van der Waals surface area (Å²) in [6.45, 7) is 0. The van der Waals surface area contributed by atoms with Crippen LogP contribution in [0.15, 0.2) is 0 Å². The van der Waals surface area contributed by atoms with Crippen molar-refractivity contribution in [3.8, 4) is 0 Å². The van der Waals surface area contributed by atoms with Crippen LogP contribution in [0.4, 0.5) is 13.2 Å². The molecule has 0 bridgehead atoms. The SMILES string of the molecule is N=[C]S(=O)(=O)C(F)(F)F. The lowest BCUT2D eigenvalue weighted by Crippen LogP contribution is -2.23. The van der Waals surface area contributed by atoms with Crippen LogP contribution in [0.25, 0.3) is 0 Å². The van der Waals surface area contributed by atoms with E-state index in [2.05, 4.69) is 0 Å². The maximum absolute atomic E-state index is 11.1. The predicted octanol–water partition coefficient (Wildman–Crippen LogP) is 0.405. The van der Waals surface area contributed by atoms with Crippen LogP contribution in [0.5, 0.6) is 0 Å². The van der Waals surface area contributed by atoms with Gasteiger partial charge >= 0.3 is 5.51 Å². The van der Waals surface area contributed by atoms with Gasteiger partial charge in [-0.25, -0.2) is 8.42 Å². The summed E-state index contributed by atoms with van der Waals surface area (Å²) >= 11 is 0. The summed E-state index contributed by atoms with van der Waals surface area (Å²) in [5.41, 5.74) is -5.00. The van der Waals surface area contributed by atoms with Crippen molar-refractivity contribution in [1.29, 1.82) is 5.41 Å². The van der Waals surface area contributed by atoms with Crippen molar-refractivity contribution >= 4 is 15.4 Å². The van der Waals surface area contributed by atoms with Crippen molar-refractivity contribution in [2.75, 3.05) is 0 Å². The van der Waals surface area contributed by atoms with E-state index >= 15 is 0 Å². The molecule has 1 N–H and O–H groups in total. The quantitative estimate of drug-likeness (QED) is 0.446. The third kappa shape index (κ3) is 1.67. The van der Waals surface area contributed by atoms with Gasteiger partial charge < -0.3 is 0 Å². The van der Waals surface area contributed by atoms with Gasteiger partial charge in [-0.2, -0.15) is 13.2 Å². The third-order valence-electron chi connectivity index (χ3n) is 0.439. The molecule has 0 heterocycles. The van der Waals surface area contributed by atoms with Crippen molar-refractivity contribution < 1.29 is 21.6 Å². The summed E-state index contributed by atoms with van der Waals surface area (Å²) in [5, 5.41) is 5.70. The summed E-state index contributed by atoms with van der Waals surface area (Å²) in [7, 11) is -5.42. The van der Waals surface area contributed by atoms with Gasteiger partial charge in [0, 0.05) is 0 Å². The van der Waals surface area contributed by atoms with E-state index in [-0.39, 0.29) is 0 Å². The molecule has 9 heavy (non-hydrogen) atoms. The molecule has 7 heteroatoms. The highest BCUT2D eigenvalue weighted by molar-refractivity contribution is 8.05. The molecule has 0 spiro atoms. The lowest BCUT2D eigenvalue weighted by Gasteiger charge is -1.98. The number of rotatable bonds is 1. The molecular formula is C2HF3NO2S. The fourth-order valence-corrected chi connectivity index (χ4v) is 0.174. The molecule has 0 aromatic carbocycles. The largest absolute Gasteiger partial charge is 0.503 e. The normalized spacial score (nSPS) is 13.2. The minimum absolute atomic E-state index is 0.378. The molecule has 0 aliphatic carbocycles. The lowest BCUT2D eigenvalue weighted by atomic mass is 11.5. The van der Waals surface area contributed by atoms with E-state index in [9.17, 15) is 21.6 Å². The van der Waals surface area contributed by atoms with Crippen molar-refractivity contribution in [3.05, 3.63) is 0 Å². The molecule has 0 amide bonds. The van der Waals surface area contributed by atoms with E-state index in [1.165, 1.54) is 0 Å². The zero-order valence-corrected chi connectivity index (χ0v) is 4.68. The summed E-state index contributed by atoms with van der Waals surface area (Å²) in [4.78, 5) is 0. The second-order valence-electron chi connectivity index (χ2n) is 1.05. The molecule has 3 nitrogen and oxygen atoms in total. The van der Waals surface area contributed by atoms with E-state index in [4.69, 9.17) is 5.41 Å². The molecule has 0 rings (SSSR count). The first kappa shape index (κ1) is 8.41. The molecule has 53 valence electrons. The maximum Gasteiger partial charge on any atom is 0.503 e. The van der Waals surface area contributed by atoms with Gasteiger partial charge in [0.15, 0.2) is 5.55 Å². The smallest absolute Gasteiger partial charge is 0.287 e. The second-order valence-corrected chi connectivity index (χ2v) is 2.73. The maximum atomic E-state index is 11.1. The average molecular weight is 160 g/mol. The first-order chi connectivity index (χ1) is 3.81. The third-order valence-corrected chi connectivity index (χ3v) is 1.32. The standard InChI is InChI=1S/C2HF3NO2S/c3-2(4,5)9(7,8)1-6/h6H. The van der Waals surface area contributed by atoms with Crippen LogP contribution in [0.3, 0.4) is 0 Å². The van der Waals surface area contributed by atoms with Crippen LogP contribution in [-0.4, -0.2) is 19.5 Å². The van der Waals surface area contributed by atoms with Crippen LogP contribution in [0, 0.1) is 5.41 Å². The molecule has 0 aromatic rings. The number of alkyl halides is 3. The topological polar surface area (TPSA) is 58.0 Å². The minimum Gasteiger partial charge on any atom is -0.287 e. The Bertz CT molecular complexity index is 202. The number of halogens is 3. The Morgan fingerprint density at radius 3 is 1.67 bits per heavy atom. The van der Waals surface area contributed by atoms with Crippen LogP contribution in [-0.2, 0) is 9.84 Å². The number of nitrogens with one attached hydrogen (secondary N) is 1. The Morgan fingerprint density at radius 2 is 1.67 bits per heavy atom. The Hall–Kier alpha value is -0.590. The Morgan fingerprint density at radius 1 is 1.33 bits per heavy atom. The van der Waals surface area contributed by atoms with Crippen molar-refractivity contribution in [1.82, 2.24) is 0 Å². The number of hydrogen-bond donors (Lipinski definition) is 1. The molecule has 0 saturated carbocycles. The van der Waals surface area contributed by atoms with Crippen LogP contribution < -0.4 is 0 Å². The summed E-state index contributed by atoms with van der Waals surface area (Å²) in [5.74, 6) is 0. The minimum atomic E-state index is -5.42. The molecule has 0 aromatic heterocycles. The zero-order chi connectivity index (χ0) is 7.71. The van der Waals surface area contributed by atoms with Gasteiger partial charge in [-0.3, -0.25) is 5.41 Å². The van der Waals surface area contributed by atoms with Crippen molar-refractivity contribution in [2.24, 2.45) is 0 Å². The summed E-state index contributed by atoms with van der Waals surface area (Å²) in [6, 6.07) is 0. The van der Waals surface area contributed by atoms with Crippen LogP contribution in [0.1, 0.15) is 0 Å². The van der Waals surface area contributed by atoms with E-state index in [1.54, 1.807) is 0 Å². The second kappa shape index (κ2) is 1.98. The summed E-state index contributed by atoms with van der Waals surface area (Å²) in [6.07, 6.45) is 0. The zero-order valence-electron chi connectivity index (χ0n) is 3.86. The Balaban J connectivity index is 4.79. The van der Waals surface area contributed by atoms with Gasteiger partial charge in [0.2, 0.25) is 0 Å². The molecule has 0 saturated heterocycles. The van der Waals surface area contributed by atoms with Crippen LogP contribution >= 0.6 is 0 Å². The van der Waals surface area contributed by atoms with E-state index in [0.717, 1.165) is 0 Å². The van der Waals surface area contributed by atoms with Gasteiger partial charge in [-0.05, 0) is 0 Å². The fraction of sp³-hybridized carbons (Fsp3) is 0.500. The van der Waals surface area contributed by atoms with E-state index in [1.807, 2.05) is 0 Å². The highest BCUT2D eigenvalue weighted by Gasteiger charge is 2.44. The molecule has 0 aliphatic rings. The molecular weight excluding hydrogens is 159 g/mol. The van der Waals surface area contributed by atoms with Gasteiger partial charge in [-0.1, -0.05) is 0 Å².